The molecule has 10 nitrogen and oxygen atoms in total. The van der Waals surface area contributed by atoms with E-state index < -0.39 is 82.0 Å². The molecule has 3 fully saturated rings. The lowest BCUT2D eigenvalue weighted by Crippen LogP contribution is -2.80. The molecule has 1 heterocycles. The molecule has 0 aromatic heterocycles. The third-order valence-corrected chi connectivity index (χ3v) is 11.1. The molecular weight excluding hydrogens is 568 g/mol. The first-order chi connectivity index (χ1) is 20.6. The number of carbonyl (C=O) groups excluding carboxylic acids is 4. The smallest absolute Gasteiger partial charge is 0.338 e. The summed E-state index contributed by atoms with van der Waals surface area (Å²) in [5.41, 5.74) is -5.32. The summed E-state index contributed by atoms with van der Waals surface area (Å²) in [5.74, 6) is -3.96. The van der Waals surface area contributed by atoms with Crippen molar-refractivity contribution >= 4 is 23.7 Å². The first kappa shape index (κ1) is 32.3. The summed E-state index contributed by atoms with van der Waals surface area (Å²) in [6, 6.07) is 8.30. The van der Waals surface area contributed by atoms with Gasteiger partial charge in [-0.3, -0.25) is 14.4 Å². The second kappa shape index (κ2) is 11.1. The number of aliphatic hydroxyl groups excluding tert-OH is 1. The van der Waals surface area contributed by atoms with Gasteiger partial charge in [0.2, 0.25) is 0 Å². The number of ketones is 1. The molecule has 4 aliphatic rings. The van der Waals surface area contributed by atoms with E-state index in [1.54, 1.807) is 58.0 Å². The Morgan fingerprint density at radius 3 is 2.32 bits per heavy atom. The quantitative estimate of drug-likeness (QED) is 0.277. The van der Waals surface area contributed by atoms with Crippen molar-refractivity contribution < 1.29 is 48.3 Å². The molecule has 0 spiro atoms. The van der Waals surface area contributed by atoms with Gasteiger partial charge in [0.05, 0.1) is 24.2 Å². The van der Waals surface area contributed by atoms with E-state index in [2.05, 4.69) is 0 Å². The zero-order valence-corrected chi connectivity index (χ0v) is 26.5. The molecule has 2 saturated carbocycles. The highest BCUT2D eigenvalue weighted by Crippen LogP contribution is 2.65. The fourth-order valence-electron chi connectivity index (χ4n) is 8.40. The van der Waals surface area contributed by atoms with Gasteiger partial charge in [0.15, 0.2) is 17.5 Å². The molecule has 1 unspecified atom stereocenters. The van der Waals surface area contributed by atoms with Crippen LogP contribution in [0.3, 0.4) is 0 Å². The summed E-state index contributed by atoms with van der Waals surface area (Å²) in [6.45, 7) is 11.6. The molecule has 5 rings (SSSR count). The van der Waals surface area contributed by atoms with Gasteiger partial charge in [0.1, 0.15) is 17.8 Å². The van der Waals surface area contributed by atoms with Crippen LogP contribution in [0.25, 0.3) is 0 Å². The Morgan fingerprint density at radius 2 is 1.75 bits per heavy atom. The molecule has 1 aromatic carbocycles. The van der Waals surface area contributed by atoms with E-state index in [1.807, 2.05) is 13.8 Å². The van der Waals surface area contributed by atoms with Crippen molar-refractivity contribution in [3.05, 3.63) is 47.0 Å². The molecule has 1 aliphatic heterocycles. The molecular formula is C34H44O10. The number of Topliss-reactive ketones (excluding diaryl/α,β-unsaturated/α-hetero) is 1. The molecule has 9 atom stereocenters. The van der Waals surface area contributed by atoms with Crippen molar-refractivity contribution in [3.63, 3.8) is 0 Å². The Bertz CT molecular complexity index is 1380. The molecule has 10 heteroatoms. The van der Waals surface area contributed by atoms with E-state index in [4.69, 9.17) is 18.9 Å². The fraction of sp³-hybridized carbons (Fsp3) is 0.647. The number of rotatable bonds is 6. The van der Waals surface area contributed by atoms with Gasteiger partial charge in [-0.05, 0) is 49.0 Å². The molecule has 44 heavy (non-hydrogen) atoms. The highest BCUT2D eigenvalue weighted by Gasteiger charge is 2.77. The van der Waals surface area contributed by atoms with Crippen molar-refractivity contribution in [3.8, 4) is 0 Å². The second-order valence-electron chi connectivity index (χ2n) is 13.8. The van der Waals surface area contributed by atoms with Crippen LogP contribution in [0.5, 0.6) is 0 Å². The topological polar surface area (TPSA) is 146 Å². The van der Waals surface area contributed by atoms with E-state index >= 15 is 4.79 Å². The second-order valence-corrected chi connectivity index (χ2v) is 13.8. The van der Waals surface area contributed by atoms with Crippen molar-refractivity contribution in [2.75, 3.05) is 6.61 Å². The van der Waals surface area contributed by atoms with Crippen LogP contribution in [0.2, 0.25) is 0 Å². The van der Waals surface area contributed by atoms with Crippen LogP contribution in [0.1, 0.15) is 84.5 Å². The number of ether oxygens (including phenoxy) is 4. The number of carbonyl (C=O) groups is 4. The molecule has 0 radical (unpaired) electrons. The molecule has 1 saturated heterocycles. The summed E-state index contributed by atoms with van der Waals surface area (Å²) in [5, 5.41) is 24.4. The van der Waals surface area contributed by atoms with Gasteiger partial charge in [-0.2, -0.15) is 0 Å². The third-order valence-electron chi connectivity index (χ3n) is 11.1. The summed E-state index contributed by atoms with van der Waals surface area (Å²) >= 11 is 0. The largest absolute Gasteiger partial charge is 0.455 e. The maximum Gasteiger partial charge on any atom is 0.338 e. The standard InChI is InChI=1S/C34H44O10/c1-8-12-24(37)44-33-17-41-23(33)15-18(2)32(7)27(33)29(43-30(39)21-13-10-9-11-14-21)34(40)16-22(36)19(3)25(31(34,5)6)26(28(32)38)42-20(4)35/h9-11,13-14,18,22-23,26-27,29,36,40H,8,12,15-17H2,1-7H3/t18-,22-,23+,26+,27?,29-,32+,33-,34+/m0/s1. The molecule has 240 valence electrons. The first-order valence-electron chi connectivity index (χ1n) is 15.5. The van der Waals surface area contributed by atoms with Gasteiger partial charge < -0.3 is 29.2 Å². The predicted octanol–water partition coefficient (Wildman–Crippen LogP) is 3.71. The minimum absolute atomic E-state index is 0.0776. The van der Waals surface area contributed by atoms with Crippen LogP contribution in [0.4, 0.5) is 0 Å². The van der Waals surface area contributed by atoms with Gasteiger partial charge in [0, 0.05) is 30.6 Å². The maximum atomic E-state index is 15.1. The number of benzene rings is 1. The van der Waals surface area contributed by atoms with Crippen LogP contribution in [0.15, 0.2) is 41.5 Å². The molecule has 2 N–H and O–H groups in total. The molecule has 1 aromatic rings. The van der Waals surface area contributed by atoms with E-state index in [1.165, 1.54) is 6.92 Å². The molecule has 2 bridgehead atoms. The van der Waals surface area contributed by atoms with Gasteiger partial charge in [-0.25, -0.2) is 4.79 Å². The lowest BCUT2D eigenvalue weighted by Gasteiger charge is -2.68. The van der Waals surface area contributed by atoms with Crippen molar-refractivity contribution in [1.82, 2.24) is 0 Å². The van der Waals surface area contributed by atoms with Gasteiger partial charge in [0.25, 0.3) is 0 Å². The normalized spacial score (nSPS) is 39.1. The number of fused-ring (bicyclic) bond motifs is 5. The highest BCUT2D eigenvalue weighted by atomic mass is 16.6. The van der Waals surface area contributed by atoms with Gasteiger partial charge >= 0.3 is 17.9 Å². The predicted molar refractivity (Wildman–Crippen MR) is 157 cm³/mol. The minimum atomic E-state index is -2.00. The van der Waals surface area contributed by atoms with Crippen LogP contribution in [-0.4, -0.2) is 76.1 Å². The first-order valence-corrected chi connectivity index (χ1v) is 15.5. The number of esters is 3. The van der Waals surface area contributed by atoms with E-state index in [-0.39, 0.29) is 30.6 Å². The lowest BCUT2D eigenvalue weighted by atomic mass is 9.43. The Labute approximate surface area is 258 Å². The Hall–Kier alpha value is -3.08. The summed E-state index contributed by atoms with van der Waals surface area (Å²) < 4.78 is 24.4. The van der Waals surface area contributed by atoms with Crippen molar-refractivity contribution in [2.45, 2.75) is 110 Å². The lowest BCUT2D eigenvalue weighted by molar-refractivity contribution is -0.340. The van der Waals surface area contributed by atoms with E-state index in [0.29, 0.717) is 18.4 Å². The maximum absolute atomic E-state index is 15.1. The SMILES string of the molecule is CCCC(=O)O[C@@]12CO[C@@H]1C[C@H](C)[C@@]1(C)C(=O)[C@H](OC(C)=O)C3=C(C)[C@@H](O)C[C@@](O)([C@@H](OC(=O)c4ccccc4)C12)C3(C)C. The molecule has 3 aliphatic carbocycles. The van der Waals surface area contributed by atoms with Crippen molar-refractivity contribution in [1.29, 1.82) is 0 Å². The van der Waals surface area contributed by atoms with Crippen LogP contribution in [0, 0.1) is 22.7 Å². The Balaban J connectivity index is 1.83. The van der Waals surface area contributed by atoms with Crippen LogP contribution < -0.4 is 0 Å². The van der Waals surface area contributed by atoms with Crippen LogP contribution in [-0.2, 0) is 33.3 Å². The Kier molecular flexibility index (Phi) is 8.13. The van der Waals surface area contributed by atoms with E-state index in [9.17, 15) is 24.6 Å². The monoisotopic (exact) mass is 612 g/mol. The third kappa shape index (κ3) is 4.55. The molecule has 0 amide bonds. The average Bonchev–Trinajstić information content (AvgIpc) is 2.95. The highest BCUT2D eigenvalue weighted by molar-refractivity contribution is 5.95. The number of hydrogen-bond donors (Lipinski definition) is 2. The van der Waals surface area contributed by atoms with Crippen LogP contribution >= 0.6 is 0 Å². The van der Waals surface area contributed by atoms with E-state index in [0.717, 1.165) is 0 Å². The van der Waals surface area contributed by atoms with Gasteiger partial charge in [-0.15, -0.1) is 0 Å². The Morgan fingerprint density at radius 1 is 1.09 bits per heavy atom. The zero-order valence-electron chi connectivity index (χ0n) is 26.5. The number of aliphatic hydroxyl groups is 2. The summed E-state index contributed by atoms with van der Waals surface area (Å²) in [7, 11) is 0. The summed E-state index contributed by atoms with van der Waals surface area (Å²) in [6.07, 6.45) is -4.03. The fourth-order valence-corrected chi connectivity index (χ4v) is 8.40. The minimum Gasteiger partial charge on any atom is -0.455 e. The van der Waals surface area contributed by atoms with Crippen molar-refractivity contribution in [2.24, 2.45) is 22.7 Å². The number of hydrogen-bond acceptors (Lipinski definition) is 10. The average molecular weight is 613 g/mol. The summed E-state index contributed by atoms with van der Waals surface area (Å²) in [4.78, 5) is 54.7. The zero-order chi connectivity index (χ0) is 32.4. The van der Waals surface area contributed by atoms with Gasteiger partial charge in [-0.1, -0.05) is 52.8 Å².